The molecule has 15 aliphatic heterocycles. The highest BCUT2D eigenvalue weighted by molar-refractivity contribution is 8.49. The van der Waals surface area contributed by atoms with Crippen molar-refractivity contribution in [2.24, 2.45) is 0 Å². The van der Waals surface area contributed by atoms with Gasteiger partial charge >= 0.3 is 31.6 Å². The molecular weight excluding hydrogens is 1870 g/mol. The van der Waals surface area contributed by atoms with E-state index < -0.39 is 0 Å². The van der Waals surface area contributed by atoms with Crippen LogP contribution in [-0.4, -0.2) is 252 Å². The maximum atomic E-state index is 10.6. The number of ether oxygens (including phenoxy) is 12. The van der Waals surface area contributed by atoms with Gasteiger partial charge in [0.25, 0.3) is 0 Å². The lowest BCUT2D eigenvalue weighted by Gasteiger charge is -2.12. The smallest absolute Gasteiger partial charge is 0.367 e. The maximum absolute atomic E-state index is 10.6. The van der Waals surface area contributed by atoms with Gasteiger partial charge in [-0.1, -0.05) is 143 Å². The standard InChI is InChI=1S/2C5H8O2S.2C5H8OS2.C5H8S3.2C4H6O2S.2C4H6OS2.C4H6S3.2C3H4O2S.2C3H4OS2.C3H4S3/c6-5-7-3-1-2-4-8-5;8-5-6-3-1-2-4-7-5;6-5-7-3-1-2-4-8-5;7-5-6-3-1-2-4-8-5;6-5-7-3-1-2-4-8-5;5-4-6-2-1-3-7-4;7-4-5-2-1-3-6-4;5-4-6-2-1-3-7-4;6-4-5-2-1-3-7-4;5-4-6-2-1-3-7-4;4-3-5-1-2-6-3;6-3-4-1-2-5-3;4-3-5-1-2-6-3;5-3-4-1-2-6-3;4-3-5-1-2-6-3/h5*1-4H2;5*1-3H2;5*1-2H2. The van der Waals surface area contributed by atoms with Crippen LogP contribution in [0, 0.1) is 0 Å². The third-order valence-corrected chi connectivity index (χ3v) is 33.4. The van der Waals surface area contributed by atoms with E-state index in [-0.39, 0.29) is 25.6 Å². The Morgan fingerprint density at radius 3 is 0.695 bits per heavy atom. The van der Waals surface area contributed by atoms with E-state index in [4.69, 9.17) is 99.0 Å². The van der Waals surface area contributed by atoms with Gasteiger partial charge in [0.1, 0.15) is 30.4 Å². The van der Waals surface area contributed by atoms with Crippen molar-refractivity contribution in [1.82, 2.24) is 0 Å². The number of cyclic esters (lactones) is 3. The van der Waals surface area contributed by atoms with Crippen LogP contribution in [0.4, 0.5) is 28.8 Å². The molecule has 0 aromatic rings. The second-order valence-electron chi connectivity index (χ2n) is 19.5. The third-order valence-electron chi connectivity index (χ3n) is 11.2. The fourth-order valence-corrected chi connectivity index (χ4v) is 24.1. The first-order valence-corrected chi connectivity index (χ1v) is 54.3. The van der Waals surface area contributed by atoms with Gasteiger partial charge in [0.15, 0.2) is 0 Å². The number of carbonyl (C=O) groups excluding carboxylic acids is 6. The number of rotatable bonds is 0. The van der Waals surface area contributed by atoms with Crippen LogP contribution in [-0.2, 0) is 56.8 Å². The summed E-state index contributed by atoms with van der Waals surface area (Å²) in [7, 11) is 0. The van der Waals surface area contributed by atoms with Crippen molar-refractivity contribution in [2.75, 3.05) is 183 Å². The van der Waals surface area contributed by atoms with Gasteiger partial charge in [-0.15, -0.1) is 70.6 Å². The Bertz CT molecular complexity index is 2000. The van der Waals surface area contributed by atoms with E-state index in [1.54, 1.807) is 58.8 Å². The Balaban J connectivity index is 0.000000563. The first kappa shape index (κ1) is 106. The largest absolute Gasteiger partial charge is 0.479 e. The van der Waals surface area contributed by atoms with Gasteiger partial charge < -0.3 is 56.8 Å². The normalized spacial score (nSPS) is 21.7. The van der Waals surface area contributed by atoms with Crippen molar-refractivity contribution in [3.8, 4) is 0 Å². The predicted molar refractivity (Wildman–Crippen MR) is 511 cm³/mol. The molecule has 0 radical (unpaired) electrons. The molecule has 0 atom stereocenters. The van der Waals surface area contributed by atoms with Crippen molar-refractivity contribution < 1.29 is 85.6 Å². The highest BCUT2D eigenvalue weighted by atomic mass is 32.2. The average molecular weight is 1970 g/mol. The van der Waals surface area contributed by atoms with Crippen molar-refractivity contribution in [1.29, 1.82) is 0 Å². The Kier molecular flexibility index (Phi) is 79.8. The fraction of sp³-hybridized carbons (Fsp3) is 0.750. The summed E-state index contributed by atoms with van der Waals surface area (Å²) in [6.07, 6.45) is 17.4. The zero-order valence-electron chi connectivity index (χ0n) is 57.7. The summed E-state index contributed by atoms with van der Waals surface area (Å²) in [5.74, 6) is 19.6. The molecular formula is C60H90O18S27. The minimum atomic E-state index is -0.130. The van der Waals surface area contributed by atoms with E-state index >= 15 is 0 Å². The molecule has 45 heteroatoms. The molecule has 15 aliphatic rings. The molecule has 15 heterocycles. The predicted octanol–water partition coefficient (Wildman–Crippen LogP) is 22.5. The van der Waals surface area contributed by atoms with Crippen molar-refractivity contribution in [3.05, 3.63) is 0 Å². The second-order valence-corrected chi connectivity index (χ2v) is 46.1. The SMILES string of the molecule is O=C1OCCCCS1.O=C1OCCCS1.O=C1OCCS1.O=C1SCCCCS1.O=C1SCCCS1.O=C1SCCS1.S=C1OCCCCO1.S=C1OCCCCS1.S=C1OCCCO1.S=C1OCCCS1.S=C1OCCO1.S=C1OCCS1.S=C1SCCCCS1.S=C1SCCCS1.S=C1SCCS1. The van der Waals surface area contributed by atoms with Crippen LogP contribution in [0.5, 0.6) is 0 Å². The van der Waals surface area contributed by atoms with Crippen LogP contribution >= 0.6 is 322 Å². The number of thiocarbonyl (C=S) groups is 9. The van der Waals surface area contributed by atoms with Crippen LogP contribution < -0.4 is 0 Å². The van der Waals surface area contributed by atoms with E-state index in [1.165, 1.54) is 185 Å². The summed E-state index contributed by atoms with van der Waals surface area (Å²) in [6, 6.07) is 0. The number of hydrogen-bond donors (Lipinski definition) is 0. The minimum absolute atomic E-state index is 0.109. The highest BCUT2D eigenvalue weighted by Gasteiger charge is 2.14. The Labute approximate surface area is 745 Å². The summed E-state index contributed by atoms with van der Waals surface area (Å²) in [6.45, 7) is 8.43. The van der Waals surface area contributed by atoms with Crippen molar-refractivity contribution >= 4 is 390 Å². The lowest BCUT2D eigenvalue weighted by atomic mass is 10.3. The molecule has 0 saturated carbocycles. The Morgan fingerprint density at radius 2 is 0.390 bits per heavy atom. The zero-order chi connectivity index (χ0) is 76.7. The van der Waals surface area contributed by atoms with E-state index in [2.05, 4.69) is 67.8 Å². The Hall–Kier alpha value is 2.73. The first-order chi connectivity index (χ1) is 50.9. The summed E-state index contributed by atoms with van der Waals surface area (Å²) in [4.78, 5) is 61.8. The van der Waals surface area contributed by atoms with Gasteiger partial charge in [0, 0.05) is 135 Å². The van der Waals surface area contributed by atoms with Gasteiger partial charge in [-0.3, -0.25) is 14.4 Å². The lowest BCUT2D eigenvalue weighted by molar-refractivity contribution is 0.116. The fourth-order valence-electron chi connectivity index (χ4n) is 6.30. The quantitative estimate of drug-likeness (QED) is 0.125. The second kappa shape index (κ2) is 79.2. The molecule has 15 fully saturated rings. The topological polar surface area (TPSA) is 213 Å². The van der Waals surface area contributed by atoms with Crippen LogP contribution in [0.2, 0.25) is 0 Å². The average Bonchev–Trinajstić information content (AvgIpc) is 2.72. The molecule has 15 saturated heterocycles. The highest BCUT2D eigenvalue weighted by Crippen LogP contribution is 2.28. The van der Waals surface area contributed by atoms with Crippen LogP contribution in [0.25, 0.3) is 0 Å². The van der Waals surface area contributed by atoms with Crippen molar-refractivity contribution in [3.63, 3.8) is 0 Å². The van der Waals surface area contributed by atoms with Crippen molar-refractivity contribution in [2.45, 2.75) is 96.3 Å². The van der Waals surface area contributed by atoms with Gasteiger partial charge in [-0.25, -0.2) is 14.4 Å². The molecule has 0 aromatic carbocycles. The molecule has 0 aliphatic carbocycles. The van der Waals surface area contributed by atoms with Gasteiger partial charge in [0.05, 0.1) is 59.5 Å². The van der Waals surface area contributed by atoms with E-state index in [0.717, 1.165) is 182 Å². The summed E-state index contributed by atoms with van der Waals surface area (Å²) in [5.41, 5.74) is 0. The molecule has 0 aromatic heterocycles. The monoisotopic (exact) mass is 1960 g/mol. The third kappa shape index (κ3) is 77.7. The minimum Gasteiger partial charge on any atom is -0.479 e. The summed E-state index contributed by atoms with van der Waals surface area (Å²) >= 11 is 70.9. The summed E-state index contributed by atoms with van der Waals surface area (Å²) < 4.78 is 63.9. The molecule has 0 spiro atoms. The molecule has 0 amide bonds. The molecule has 18 nitrogen and oxygen atoms in total. The van der Waals surface area contributed by atoms with E-state index in [1.807, 2.05) is 47.0 Å². The van der Waals surface area contributed by atoms with Crippen LogP contribution in [0.3, 0.4) is 0 Å². The maximum Gasteiger partial charge on any atom is 0.367 e. The van der Waals surface area contributed by atoms with Crippen LogP contribution in [0.15, 0.2) is 0 Å². The lowest BCUT2D eigenvalue weighted by Crippen LogP contribution is -2.16. The number of carbonyl (C=O) groups is 6. The number of thioether (sulfide) groups is 18. The van der Waals surface area contributed by atoms with Gasteiger partial charge in [0.2, 0.25) is 26.5 Å². The van der Waals surface area contributed by atoms with E-state index in [0.29, 0.717) is 61.2 Å². The molecule has 0 unspecified atom stereocenters. The number of hydrogen-bond acceptors (Lipinski definition) is 45. The summed E-state index contributed by atoms with van der Waals surface area (Å²) in [5, 5.41) is 0.535. The first-order valence-electron chi connectivity index (χ1n) is 32.8. The Morgan fingerprint density at radius 1 is 0.171 bits per heavy atom. The van der Waals surface area contributed by atoms with Crippen LogP contribution in [0.1, 0.15) is 96.3 Å². The molecule has 0 N–H and O–H groups in total. The van der Waals surface area contributed by atoms with Gasteiger partial charge in [-0.2, -0.15) is 0 Å². The van der Waals surface area contributed by atoms with Gasteiger partial charge in [-0.05, 0) is 173 Å². The zero-order valence-corrected chi connectivity index (χ0v) is 79.7. The molecule has 0 bridgehead atoms. The molecule has 600 valence electrons. The molecule has 15 rings (SSSR count). The molecule has 105 heavy (non-hydrogen) atoms. The van der Waals surface area contributed by atoms with E-state index in [9.17, 15) is 28.8 Å².